The fourth-order valence-electron chi connectivity index (χ4n) is 2.93. The lowest BCUT2D eigenvalue weighted by atomic mass is 10.0. The summed E-state index contributed by atoms with van der Waals surface area (Å²) in [5.74, 6) is -2.25. The number of aryl methyl sites for hydroxylation is 1. The molecule has 1 atom stereocenters. The Hall–Kier alpha value is -3.76. The molecule has 1 amide bonds. The van der Waals surface area contributed by atoms with Gasteiger partial charge in [0.25, 0.3) is 0 Å². The Morgan fingerprint density at radius 1 is 1.09 bits per heavy atom. The first-order chi connectivity index (χ1) is 15.1. The van der Waals surface area contributed by atoms with E-state index in [4.69, 9.17) is 9.63 Å². The van der Waals surface area contributed by atoms with E-state index in [1.54, 1.807) is 6.07 Å². The Bertz CT molecular complexity index is 1100. The summed E-state index contributed by atoms with van der Waals surface area (Å²) in [6.07, 6.45) is -5.21. The number of carbonyl (C=O) groups is 2. The summed E-state index contributed by atoms with van der Waals surface area (Å²) < 4.78 is 57.0. The normalized spacial score (nSPS) is 12.4. The van der Waals surface area contributed by atoms with E-state index in [2.05, 4.69) is 15.5 Å². The van der Waals surface area contributed by atoms with Crippen molar-refractivity contribution in [2.45, 2.75) is 31.5 Å². The first kappa shape index (κ1) is 22.9. The molecule has 0 bridgehead atoms. The average Bonchev–Trinajstić information content (AvgIpc) is 3.20. The van der Waals surface area contributed by atoms with E-state index >= 15 is 0 Å². The van der Waals surface area contributed by atoms with Gasteiger partial charge in [0.1, 0.15) is 5.82 Å². The van der Waals surface area contributed by atoms with Gasteiger partial charge in [0.05, 0.1) is 23.6 Å². The minimum absolute atomic E-state index is 0.0000882. The molecule has 2 aromatic carbocycles. The lowest BCUT2D eigenvalue weighted by Gasteiger charge is -2.18. The molecule has 0 saturated carbocycles. The van der Waals surface area contributed by atoms with Gasteiger partial charge in [0.15, 0.2) is 0 Å². The third-order valence-corrected chi connectivity index (χ3v) is 4.50. The average molecular weight is 451 g/mol. The topological polar surface area (TPSA) is 105 Å². The molecule has 0 fully saturated rings. The van der Waals surface area contributed by atoms with Crippen LogP contribution in [-0.2, 0) is 22.2 Å². The predicted octanol–water partition coefficient (Wildman–Crippen LogP) is 4.16. The number of carbonyl (C=O) groups excluding carboxylic acids is 1. The molecule has 0 spiro atoms. The highest BCUT2D eigenvalue weighted by Crippen LogP contribution is 2.30. The summed E-state index contributed by atoms with van der Waals surface area (Å²) in [4.78, 5) is 27.5. The van der Waals surface area contributed by atoms with Gasteiger partial charge < -0.3 is 14.9 Å². The van der Waals surface area contributed by atoms with Gasteiger partial charge in [0.2, 0.25) is 17.6 Å². The van der Waals surface area contributed by atoms with Crippen LogP contribution in [0.1, 0.15) is 35.9 Å². The van der Waals surface area contributed by atoms with Crippen LogP contribution in [0.4, 0.5) is 17.6 Å². The second-order valence-electron chi connectivity index (χ2n) is 6.83. The first-order valence-electron chi connectivity index (χ1n) is 9.39. The molecule has 0 saturated heterocycles. The van der Waals surface area contributed by atoms with Gasteiger partial charge in [-0.2, -0.15) is 18.2 Å². The van der Waals surface area contributed by atoms with Crippen molar-refractivity contribution in [3.05, 3.63) is 71.4 Å². The number of alkyl halides is 3. The number of halogens is 4. The highest BCUT2D eigenvalue weighted by atomic mass is 19.4. The lowest BCUT2D eigenvalue weighted by Crippen LogP contribution is -2.30. The Labute approximate surface area is 179 Å². The second-order valence-corrected chi connectivity index (χ2v) is 6.83. The van der Waals surface area contributed by atoms with Crippen molar-refractivity contribution < 1.29 is 36.8 Å². The molecule has 3 aromatic rings. The third-order valence-electron chi connectivity index (χ3n) is 4.50. The van der Waals surface area contributed by atoms with E-state index in [-0.39, 0.29) is 35.7 Å². The van der Waals surface area contributed by atoms with Crippen LogP contribution in [0.5, 0.6) is 0 Å². The van der Waals surface area contributed by atoms with Crippen LogP contribution in [0, 0.1) is 5.82 Å². The summed E-state index contributed by atoms with van der Waals surface area (Å²) in [6, 6.07) is 8.67. The maximum absolute atomic E-state index is 13.8. The van der Waals surface area contributed by atoms with Crippen molar-refractivity contribution in [1.82, 2.24) is 15.5 Å². The van der Waals surface area contributed by atoms with Gasteiger partial charge in [-0.05, 0) is 29.8 Å². The Morgan fingerprint density at radius 2 is 1.78 bits per heavy atom. The standard InChI is InChI=1S/C21H17F4N3O4/c22-15-4-2-1-3-14(15)20-27-18(32-28-20)10-9-17(29)26-16(11-19(30)31)12-5-7-13(8-6-12)21(23,24)25/h1-8,16H,9-11H2,(H,26,29)(H,30,31). The van der Waals surface area contributed by atoms with Crippen LogP contribution in [0.2, 0.25) is 0 Å². The van der Waals surface area contributed by atoms with Crippen molar-refractivity contribution in [2.75, 3.05) is 0 Å². The molecule has 2 N–H and O–H groups in total. The van der Waals surface area contributed by atoms with Crippen LogP contribution in [-0.4, -0.2) is 27.1 Å². The monoisotopic (exact) mass is 451 g/mol. The van der Waals surface area contributed by atoms with E-state index in [1.165, 1.54) is 18.2 Å². The zero-order chi connectivity index (χ0) is 23.3. The largest absolute Gasteiger partial charge is 0.481 e. The zero-order valence-corrected chi connectivity index (χ0v) is 16.4. The highest BCUT2D eigenvalue weighted by molar-refractivity contribution is 5.78. The van der Waals surface area contributed by atoms with Crippen molar-refractivity contribution in [1.29, 1.82) is 0 Å². The van der Waals surface area contributed by atoms with E-state index in [0.717, 1.165) is 24.3 Å². The van der Waals surface area contributed by atoms with Crippen molar-refractivity contribution in [3.8, 4) is 11.4 Å². The molecule has 32 heavy (non-hydrogen) atoms. The molecule has 1 aromatic heterocycles. The summed E-state index contributed by atoms with van der Waals surface area (Å²) >= 11 is 0. The van der Waals surface area contributed by atoms with Gasteiger partial charge in [-0.25, -0.2) is 4.39 Å². The first-order valence-corrected chi connectivity index (χ1v) is 9.39. The number of nitrogens with one attached hydrogen (secondary N) is 1. The van der Waals surface area contributed by atoms with Gasteiger partial charge in [-0.15, -0.1) is 0 Å². The number of carboxylic acids is 1. The number of hydrogen-bond acceptors (Lipinski definition) is 5. The molecule has 0 aliphatic rings. The van der Waals surface area contributed by atoms with Gasteiger partial charge in [0, 0.05) is 12.8 Å². The van der Waals surface area contributed by atoms with E-state index in [9.17, 15) is 27.2 Å². The Kier molecular flexibility index (Phi) is 6.86. The number of rotatable bonds is 8. The van der Waals surface area contributed by atoms with E-state index < -0.39 is 41.9 Å². The maximum atomic E-state index is 13.8. The maximum Gasteiger partial charge on any atom is 0.416 e. The van der Waals surface area contributed by atoms with Crippen molar-refractivity contribution >= 4 is 11.9 Å². The molecular formula is C21H17F4N3O4. The third kappa shape index (κ3) is 5.90. The number of hydrogen-bond donors (Lipinski definition) is 2. The molecule has 1 heterocycles. The summed E-state index contributed by atoms with van der Waals surface area (Å²) in [6.45, 7) is 0. The number of amides is 1. The SMILES string of the molecule is O=C(O)CC(NC(=O)CCc1nc(-c2ccccc2F)no1)c1ccc(C(F)(F)F)cc1. The number of aliphatic carboxylic acids is 1. The molecule has 0 aliphatic carbocycles. The van der Waals surface area contributed by atoms with E-state index in [0.29, 0.717) is 0 Å². The molecule has 3 rings (SSSR count). The smallest absolute Gasteiger partial charge is 0.416 e. The Balaban J connectivity index is 1.63. The number of nitrogens with zero attached hydrogens (tertiary/aromatic N) is 2. The van der Waals surface area contributed by atoms with Crippen LogP contribution in [0.25, 0.3) is 11.4 Å². The van der Waals surface area contributed by atoms with Crippen molar-refractivity contribution in [2.24, 2.45) is 0 Å². The number of aromatic nitrogens is 2. The summed E-state index contributed by atoms with van der Waals surface area (Å²) in [7, 11) is 0. The summed E-state index contributed by atoms with van der Waals surface area (Å²) in [5, 5.41) is 15.3. The molecule has 0 radical (unpaired) electrons. The lowest BCUT2D eigenvalue weighted by molar-refractivity contribution is -0.139. The van der Waals surface area contributed by atoms with Gasteiger partial charge >= 0.3 is 12.1 Å². The highest BCUT2D eigenvalue weighted by Gasteiger charge is 2.30. The molecular weight excluding hydrogens is 434 g/mol. The molecule has 0 aliphatic heterocycles. The van der Waals surface area contributed by atoms with Crippen LogP contribution in [0.15, 0.2) is 53.1 Å². The van der Waals surface area contributed by atoms with Gasteiger partial charge in [-0.1, -0.05) is 29.4 Å². The molecule has 1 unspecified atom stereocenters. The predicted molar refractivity (Wildman–Crippen MR) is 103 cm³/mol. The quantitative estimate of drug-likeness (QED) is 0.499. The van der Waals surface area contributed by atoms with Crippen molar-refractivity contribution in [3.63, 3.8) is 0 Å². The van der Waals surface area contributed by atoms with Crippen LogP contribution < -0.4 is 5.32 Å². The second kappa shape index (κ2) is 9.58. The molecule has 168 valence electrons. The van der Waals surface area contributed by atoms with Crippen LogP contribution in [0.3, 0.4) is 0 Å². The van der Waals surface area contributed by atoms with E-state index in [1.807, 2.05) is 0 Å². The van der Waals surface area contributed by atoms with Crippen LogP contribution >= 0.6 is 0 Å². The fraction of sp³-hybridized carbons (Fsp3) is 0.238. The zero-order valence-electron chi connectivity index (χ0n) is 16.4. The fourth-order valence-corrected chi connectivity index (χ4v) is 2.93. The minimum atomic E-state index is -4.53. The molecule has 7 nitrogen and oxygen atoms in total. The molecule has 11 heteroatoms. The Morgan fingerprint density at radius 3 is 2.41 bits per heavy atom. The number of carboxylic acid groups (broad SMARTS) is 1. The number of benzene rings is 2. The summed E-state index contributed by atoms with van der Waals surface area (Å²) in [5.41, 5.74) is -0.534. The van der Waals surface area contributed by atoms with Gasteiger partial charge in [-0.3, -0.25) is 9.59 Å². The minimum Gasteiger partial charge on any atom is -0.481 e.